The molecule has 0 aliphatic carbocycles. The minimum atomic E-state index is -4.78. The van der Waals surface area contributed by atoms with E-state index in [1.54, 1.807) is 0 Å². The fraction of sp³-hybridized carbons (Fsp3) is 0.533. The first-order chi connectivity index (χ1) is 11.2. The van der Waals surface area contributed by atoms with Gasteiger partial charge in [-0.25, -0.2) is 8.42 Å². The normalized spacial score (nSPS) is 25.2. The molecule has 2 unspecified atom stereocenters. The summed E-state index contributed by atoms with van der Waals surface area (Å²) in [6.45, 7) is 1.19. The predicted octanol–water partition coefficient (Wildman–Crippen LogP) is 2.09. The molecule has 1 aromatic rings. The summed E-state index contributed by atoms with van der Waals surface area (Å²) in [6, 6.07) is 3.61. The first-order valence-electron chi connectivity index (χ1n) is 7.61. The molecule has 9 heteroatoms. The van der Waals surface area contributed by atoms with Crippen LogP contribution in [0.15, 0.2) is 23.1 Å². The van der Waals surface area contributed by atoms with Gasteiger partial charge in [0.05, 0.1) is 22.1 Å². The van der Waals surface area contributed by atoms with Crippen molar-refractivity contribution in [3.63, 3.8) is 0 Å². The molecule has 2 aliphatic rings. The summed E-state index contributed by atoms with van der Waals surface area (Å²) in [4.78, 5) is -0.410. The molecule has 5 nitrogen and oxygen atoms in total. The van der Waals surface area contributed by atoms with E-state index in [4.69, 9.17) is 5.26 Å². The molecule has 2 bridgehead atoms. The van der Waals surface area contributed by atoms with E-state index in [0.717, 1.165) is 12.1 Å². The van der Waals surface area contributed by atoms with Crippen molar-refractivity contribution in [2.75, 3.05) is 13.1 Å². The molecular weight excluding hydrogens is 343 g/mol. The molecule has 2 fully saturated rings. The predicted molar refractivity (Wildman–Crippen MR) is 79.5 cm³/mol. The maximum Gasteiger partial charge on any atom is 0.417 e. The van der Waals surface area contributed by atoms with Gasteiger partial charge >= 0.3 is 6.18 Å². The van der Waals surface area contributed by atoms with Gasteiger partial charge in [0.1, 0.15) is 0 Å². The number of benzene rings is 1. The third-order valence-corrected chi connectivity index (χ3v) is 6.58. The number of fused-ring (bicyclic) bond motifs is 2. The summed E-state index contributed by atoms with van der Waals surface area (Å²) in [6.07, 6.45) is -2.73. The van der Waals surface area contributed by atoms with Crippen molar-refractivity contribution in [1.29, 1.82) is 5.26 Å². The van der Waals surface area contributed by atoms with Gasteiger partial charge in [-0.15, -0.1) is 0 Å². The van der Waals surface area contributed by atoms with E-state index >= 15 is 0 Å². The van der Waals surface area contributed by atoms with Gasteiger partial charge in [-0.1, -0.05) is 0 Å². The Morgan fingerprint density at radius 1 is 1.21 bits per heavy atom. The van der Waals surface area contributed by atoms with Crippen molar-refractivity contribution in [3.8, 4) is 6.07 Å². The number of hydrogen-bond donors (Lipinski definition) is 1. The lowest BCUT2D eigenvalue weighted by Crippen LogP contribution is -2.42. The number of hydrogen-bond acceptors (Lipinski definition) is 4. The SMILES string of the molecule is N#Cc1ccc(S(=O)(=O)N2C3CCNCC2CC3)cc1C(F)(F)F. The maximum atomic E-state index is 13.1. The van der Waals surface area contributed by atoms with Crippen molar-refractivity contribution in [1.82, 2.24) is 9.62 Å². The molecule has 0 saturated carbocycles. The van der Waals surface area contributed by atoms with Crippen LogP contribution in [0.25, 0.3) is 0 Å². The smallest absolute Gasteiger partial charge is 0.315 e. The van der Waals surface area contributed by atoms with Crippen LogP contribution >= 0.6 is 0 Å². The summed E-state index contributed by atoms with van der Waals surface area (Å²) in [5, 5.41) is 12.0. The van der Waals surface area contributed by atoms with Gasteiger partial charge < -0.3 is 5.32 Å². The van der Waals surface area contributed by atoms with Gasteiger partial charge in [0.2, 0.25) is 10.0 Å². The Bertz CT molecular complexity index is 772. The summed E-state index contributed by atoms with van der Waals surface area (Å²) in [5.41, 5.74) is -1.80. The Morgan fingerprint density at radius 3 is 2.58 bits per heavy atom. The van der Waals surface area contributed by atoms with Gasteiger partial charge in [-0.3, -0.25) is 0 Å². The first kappa shape index (κ1) is 17.2. The van der Waals surface area contributed by atoms with Crippen LogP contribution in [0.5, 0.6) is 0 Å². The topological polar surface area (TPSA) is 73.2 Å². The highest BCUT2D eigenvalue weighted by Crippen LogP contribution is 2.37. The number of sulfonamides is 1. The van der Waals surface area contributed by atoms with E-state index in [2.05, 4.69) is 5.32 Å². The molecular formula is C15H16F3N3O2S. The van der Waals surface area contributed by atoms with Gasteiger partial charge in [-0.2, -0.15) is 22.7 Å². The van der Waals surface area contributed by atoms with Gasteiger partial charge in [0.25, 0.3) is 0 Å². The van der Waals surface area contributed by atoms with E-state index in [9.17, 15) is 21.6 Å². The zero-order chi connectivity index (χ0) is 17.5. The Balaban J connectivity index is 2.06. The van der Waals surface area contributed by atoms with Crippen molar-refractivity contribution in [2.24, 2.45) is 0 Å². The Labute approximate surface area is 138 Å². The molecule has 0 amide bonds. The zero-order valence-corrected chi connectivity index (χ0v) is 13.5. The van der Waals surface area contributed by atoms with Crippen LogP contribution in [0.3, 0.4) is 0 Å². The Hall–Kier alpha value is -1.63. The molecule has 2 aliphatic heterocycles. The molecule has 2 heterocycles. The summed E-state index contributed by atoms with van der Waals surface area (Å²) in [5.74, 6) is 0. The van der Waals surface area contributed by atoms with Crippen LogP contribution in [0.1, 0.15) is 30.4 Å². The molecule has 1 N–H and O–H groups in total. The number of nitrogens with one attached hydrogen (secondary N) is 1. The van der Waals surface area contributed by atoms with E-state index < -0.39 is 32.2 Å². The van der Waals surface area contributed by atoms with Gasteiger partial charge in [0, 0.05) is 18.6 Å². The molecule has 0 spiro atoms. The molecule has 3 rings (SSSR count). The highest BCUT2D eigenvalue weighted by atomic mass is 32.2. The second kappa shape index (κ2) is 6.02. The quantitative estimate of drug-likeness (QED) is 0.878. The summed E-state index contributed by atoms with van der Waals surface area (Å²) < 4.78 is 66.5. The molecule has 2 saturated heterocycles. The Kier molecular flexibility index (Phi) is 4.32. The number of rotatable bonds is 2. The average molecular weight is 359 g/mol. The Morgan fingerprint density at radius 2 is 1.92 bits per heavy atom. The lowest BCUT2D eigenvalue weighted by Gasteiger charge is -2.27. The molecule has 0 radical (unpaired) electrons. The average Bonchev–Trinajstić information content (AvgIpc) is 2.79. The van der Waals surface area contributed by atoms with Crippen LogP contribution in [-0.2, 0) is 16.2 Å². The van der Waals surface area contributed by atoms with Gasteiger partial charge in [-0.05, 0) is 44.0 Å². The fourth-order valence-electron chi connectivity index (χ4n) is 3.47. The van der Waals surface area contributed by atoms with Crippen LogP contribution in [-0.4, -0.2) is 37.9 Å². The summed E-state index contributed by atoms with van der Waals surface area (Å²) in [7, 11) is -4.05. The molecule has 130 valence electrons. The van der Waals surface area contributed by atoms with Crippen LogP contribution in [0, 0.1) is 11.3 Å². The number of alkyl halides is 3. The van der Waals surface area contributed by atoms with Gasteiger partial charge in [0.15, 0.2) is 0 Å². The third-order valence-electron chi connectivity index (χ3n) is 4.58. The molecule has 24 heavy (non-hydrogen) atoms. The number of halogens is 3. The molecule has 0 aromatic heterocycles. The highest BCUT2D eigenvalue weighted by Gasteiger charge is 2.44. The first-order valence-corrected chi connectivity index (χ1v) is 9.05. The number of nitrogens with zero attached hydrogens (tertiary/aromatic N) is 2. The van der Waals surface area contributed by atoms with Crippen LogP contribution in [0.4, 0.5) is 13.2 Å². The van der Waals surface area contributed by atoms with Crippen molar-refractivity contribution in [3.05, 3.63) is 29.3 Å². The largest absolute Gasteiger partial charge is 0.417 e. The van der Waals surface area contributed by atoms with E-state index in [1.165, 1.54) is 10.4 Å². The lowest BCUT2D eigenvalue weighted by atomic mass is 10.1. The van der Waals surface area contributed by atoms with Crippen molar-refractivity contribution < 1.29 is 21.6 Å². The second-order valence-electron chi connectivity index (χ2n) is 6.03. The number of nitriles is 1. The van der Waals surface area contributed by atoms with Crippen molar-refractivity contribution >= 4 is 10.0 Å². The van der Waals surface area contributed by atoms with E-state index in [0.29, 0.717) is 38.4 Å². The lowest BCUT2D eigenvalue weighted by molar-refractivity contribution is -0.137. The minimum Gasteiger partial charge on any atom is -0.315 e. The fourth-order valence-corrected chi connectivity index (χ4v) is 5.39. The monoisotopic (exact) mass is 359 g/mol. The van der Waals surface area contributed by atoms with E-state index in [1.807, 2.05) is 0 Å². The van der Waals surface area contributed by atoms with Crippen molar-refractivity contribution in [2.45, 2.75) is 42.4 Å². The second-order valence-corrected chi connectivity index (χ2v) is 7.87. The zero-order valence-electron chi connectivity index (χ0n) is 12.7. The maximum absolute atomic E-state index is 13.1. The standard InChI is InChI=1S/C15H16F3N3O2S/c16-15(17,18)14-7-13(4-1-10(14)8-19)24(22,23)21-11-2-3-12(21)9-20-6-5-11/h1,4,7,11-12,20H,2-3,5-6,9H2. The molecule has 2 atom stereocenters. The highest BCUT2D eigenvalue weighted by molar-refractivity contribution is 7.89. The minimum absolute atomic E-state index is 0.194. The molecule has 1 aromatic carbocycles. The third kappa shape index (κ3) is 2.90. The van der Waals surface area contributed by atoms with E-state index in [-0.39, 0.29) is 12.1 Å². The summed E-state index contributed by atoms with van der Waals surface area (Å²) >= 11 is 0. The van der Waals surface area contributed by atoms with Crippen LogP contribution < -0.4 is 5.32 Å². The van der Waals surface area contributed by atoms with Crippen LogP contribution in [0.2, 0.25) is 0 Å².